The molecule has 3 aromatic rings. The minimum atomic E-state index is -3.51. The van der Waals surface area contributed by atoms with E-state index in [-0.39, 0.29) is 0 Å². The van der Waals surface area contributed by atoms with Crippen LogP contribution in [0.3, 0.4) is 0 Å². The quantitative estimate of drug-likeness (QED) is 0.493. The maximum atomic E-state index is 15.2. The molecule has 0 saturated heterocycles. The highest BCUT2D eigenvalue weighted by atomic mass is 28.3. The first-order valence-corrected chi connectivity index (χ1v) is 9.84. The molecule has 3 rings (SSSR count). The van der Waals surface area contributed by atoms with Crippen molar-refractivity contribution in [3.63, 3.8) is 0 Å². The fourth-order valence-corrected chi connectivity index (χ4v) is 7.76. The van der Waals surface area contributed by atoms with Crippen LogP contribution in [0.25, 0.3) is 0 Å². The van der Waals surface area contributed by atoms with Gasteiger partial charge < -0.3 is 0 Å². The molecule has 24 heavy (non-hydrogen) atoms. The van der Waals surface area contributed by atoms with Gasteiger partial charge in [0.1, 0.15) is 0 Å². The van der Waals surface area contributed by atoms with Gasteiger partial charge in [-0.1, -0.05) is 91.0 Å². The lowest BCUT2D eigenvalue weighted by atomic mass is 10.3. The molecule has 3 aromatic carbocycles. The van der Waals surface area contributed by atoms with E-state index in [2.05, 4.69) is 0 Å². The van der Waals surface area contributed by atoms with Gasteiger partial charge in [-0.3, -0.25) is 0 Å². The first-order chi connectivity index (χ1) is 11.7. The predicted octanol–water partition coefficient (Wildman–Crippen LogP) is 3.30. The highest BCUT2D eigenvalue weighted by Crippen LogP contribution is 2.20. The van der Waals surface area contributed by atoms with Crippen LogP contribution in [0.1, 0.15) is 0 Å². The summed E-state index contributed by atoms with van der Waals surface area (Å²) in [7, 11) is -3.51. The van der Waals surface area contributed by atoms with Crippen molar-refractivity contribution < 1.29 is 13.2 Å². The molecule has 1 unspecified atom stereocenters. The zero-order valence-electron chi connectivity index (χ0n) is 12.9. The van der Waals surface area contributed by atoms with Crippen LogP contribution in [0.5, 0.6) is 0 Å². The van der Waals surface area contributed by atoms with Crippen molar-refractivity contribution in [2.45, 2.75) is 12.2 Å². The van der Waals surface area contributed by atoms with Gasteiger partial charge >= 0.3 is 0 Å². The zero-order valence-corrected chi connectivity index (χ0v) is 13.9. The molecule has 0 fully saturated rings. The standard InChI is InChI=1S/C20H17F3Si/c21-19(22)20(23)24(16-10-4-1-5-11-16,17-12-6-2-7-13-17)18-14-8-3-9-15-18/h1-15,19-20H. The molecular weight excluding hydrogens is 325 g/mol. The molecule has 0 saturated carbocycles. The van der Waals surface area contributed by atoms with Gasteiger partial charge in [-0.25, -0.2) is 13.2 Å². The van der Waals surface area contributed by atoms with E-state index in [1.165, 1.54) is 0 Å². The maximum Gasteiger partial charge on any atom is 0.267 e. The van der Waals surface area contributed by atoms with Crippen LogP contribution in [0, 0.1) is 0 Å². The van der Waals surface area contributed by atoms with Crippen molar-refractivity contribution in [2.75, 3.05) is 0 Å². The Morgan fingerprint density at radius 3 is 1.04 bits per heavy atom. The molecule has 0 aliphatic rings. The largest absolute Gasteiger partial charge is 0.267 e. The summed E-state index contributed by atoms with van der Waals surface area (Å²) in [5.41, 5.74) is 0. The summed E-state index contributed by atoms with van der Waals surface area (Å²) in [6.45, 7) is 0. The second kappa shape index (κ2) is 7.05. The molecule has 4 heteroatoms. The van der Waals surface area contributed by atoms with Crippen LogP contribution < -0.4 is 15.6 Å². The normalized spacial score (nSPS) is 13.0. The lowest BCUT2D eigenvalue weighted by Crippen LogP contribution is -2.74. The van der Waals surface area contributed by atoms with Crippen LogP contribution in [0.4, 0.5) is 13.2 Å². The predicted molar refractivity (Wildman–Crippen MR) is 94.9 cm³/mol. The number of halogens is 3. The van der Waals surface area contributed by atoms with Crippen LogP contribution in [-0.2, 0) is 0 Å². The molecule has 0 heterocycles. The average molecular weight is 342 g/mol. The third kappa shape index (κ3) is 2.78. The Bertz CT molecular complexity index is 664. The second-order valence-corrected chi connectivity index (χ2v) is 9.54. The first-order valence-electron chi connectivity index (χ1n) is 7.76. The molecule has 0 radical (unpaired) electrons. The van der Waals surface area contributed by atoms with Crippen LogP contribution in [0.2, 0.25) is 0 Å². The van der Waals surface area contributed by atoms with Crippen LogP contribution in [-0.4, -0.2) is 20.3 Å². The highest BCUT2D eigenvalue weighted by molar-refractivity contribution is 7.12. The van der Waals surface area contributed by atoms with Gasteiger partial charge in [-0.05, 0) is 15.6 Å². The molecule has 0 spiro atoms. The Morgan fingerprint density at radius 1 is 0.500 bits per heavy atom. The van der Waals surface area contributed by atoms with Gasteiger partial charge in [0, 0.05) is 0 Å². The molecule has 0 aliphatic carbocycles. The second-order valence-electron chi connectivity index (χ2n) is 5.64. The highest BCUT2D eigenvalue weighted by Gasteiger charge is 2.51. The molecule has 0 N–H and O–H groups in total. The van der Waals surface area contributed by atoms with E-state index >= 15 is 4.39 Å². The van der Waals surface area contributed by atoms with Gasteiger partial charge in [0.25, 0.3) is 6.43 Å². The van der Waals surface area contributed by atoms with Crippen molar-refractivity contribution in [1.29, 1.82) is 0 Å². The Balaban J connectivity index is 2.37. The van der Waals surface area contributed by atoms with Gasteiger partial charge in [-0.15, -0.1) is 0 Å². The van der Waals surface area contributed by atoms with Crippen LogP contribution >= 0.6 is 0 Å². The molecule has 1 atom stereocenters. The monoisotopic (exact) mass is 342 g/mol. The van der Waals surface area contributed by atoms with Crippen LogP contribution in [0.15, 0.2) is 91.0 Å². The molecule has 0 aliphatic heterocycles. The fourth-order valence-electron chi connectivity index (χ4n) is 3.27. The fraction of sp³-hybridized carbons (Fsp3) is 0.100. The van der Waals surface area contributed by atoms with Crippen molar-refractivity contribution >= 4 is 23.6 Å². The minimum absolute atomic E-state index is 0.648. The molecule has 0 bridgehead atoms. The third-order valence-corrected chi connectivity index (χ3v) is 9.13. The first kappa shape index (κ1) is 16.5. The summed E-state index contributed by atoms with van der Waals surface area (Å²) < 4.78 is 42.5. The minimum Gasteiger partial charge on any atom is -0.244 e. The number of alkyl halides is 3. The van der Waals surface area contributed by atoms with E-state index in [0.717, 1.165) is 0 Å². The molecule has 0 aromatic heterocycles. The summed E-state index contributed by atoms with van der Waals surface area (Å²) in [5.74, 6) is -2.23. The summed E-state index contributed by atoms with van der Waals surface area (Å²) >= 11 is 0. The van der Waals surface area contributed by atoms with E-state index in [4.69, 9.17) is 0 Å². The molecule has 0 amide bonds. The average Bonchev–Trinajstić information content (AvgIpc) is 2.65. The van der Waals surface area contributed by atoms with E-state index < -0.39 is 20.3 Å². The third-order valence-electron chi connectivity index (χ3n) is 4.32. The Labute approximate surface area is 140 Å². The van der Waals surface area contributed by atoms with Crippen molar-refractivity contribution in [3.8, 4) is 0 Å². The zero-order chi connectivity index (χ0) is 17.0. The van der Waals surface area contributed by atoms with Crippen molar-refractivity contribution in [1.82, 2.24) is 0 Å². The summed E-state index contributed by atoms with van der Waals surface area (Å²) in [6, 6.07) is 26.7. The number of hydrogen-bond acceptors (Lipinski definition) is 0. The Morgan fingerprint density at radius 2 is 0.792 bits per heavy atom. The van der Waals surface area contributed by atoms with Gasteiger partial charge in [0.2, 0.25) is 0 Å². The number of rotatable bonds is 5. The van der Waals surface area contributed by atoms with E-state index in [1.54, 1.807) is 72.8 Å². The Hall–Kier alpha value is -2.33. The number of hydrogen-bond donors (Lipinski definition) is 0. The summed E-state index contributed by atoms with van der Waals surface area (Å²) in [6.07, 6.45) is -3.04. The van der Waals surface area contributed by atoms with Gasteiger partial charge in [0.15, 0.2) is 13.9 Å². The van der Waals surface area contributed by atoms with Gasteiger partial charge in [0.05, 0.1) is 0 Å². The van der Waals surface area contributed by atoms with E-state index in [9.17, 15) is 8.78 Å². The van der Waals surface area contributed by atoms with Gasteiger partial charge in [-0.2, -0.15) is 0 Å². The smallest absolute Gasteiger partial charge is 0.244 e. The maximum absolute atomic E-state index is 15.2. The lowest BCUT2D eigenvalue weighted by Gasteiger charge is -2.36. The topological polar surface area (TPSA) is 0 Å². The SMILES string of the molecule is FC(F)C(F)[Si](c1ccccc1)(c1ccccc1)c1ccccc1. The molecule has 122 valence electrons. The molecule has 0 nitrogen and oxygen atoms in total. The summed E-state index contributed by atoms with van der Waals surface area (Å²) in [4.78, 5) is 0. The van der Waals surface area contributed by atoms with E-state index in [0.29, 0.717) is 15.6 Å². The Kier molecular flexibility index (Phi) is 4.86. The van der Waals surface area contributed by atoms with Crippen molar-refractivity contribution in [3.05, 3.63) is 91.0 Å². The van der Waals surface area contributed by atoms with E-state index in [1.807, 2.05) is 18.2 Å². The lowest BCUT2D eigenvalue weighted by molar-refractivity contribution is 0.0875. The number of benzene rings is 3. The summed E-state index contributed by atoms with van der Waals surface area (Å²) in [5, 5.41) is 1.95. The van der Waals surface area contributed by atoms with Crippen molar-refractivity contribution in [2.24, 2.45) is 0 Å². The molecular formula is C20H17F3Si.